The molecule has 2 saturated heterocycles. The van der Waals surface area contributed by atoms with Gasteiger partial charge in [0.2, 0.25) is 10.0 Å². The summed E-state index contributed by atoms with van der Waals surface area (Å²) in [6.45, 7) is 5.91. The van der Waals surface area contributed by atoms with Crippen molar-refractivity contribution in [3.05, 3.63) is 0 Å². The lowest BCUT2D eigenvalue weighted by Gasteiger charge is -2.33. The summed E-state index contributed by atoms with van der Waals surface area (Å²) in [5, 5.41) is 3.25. The van der Waals surface area contributed by atoms with Gasteiger partial charge in [-0.1, -0.05) is 0 Å². The highest BCUT2D eigenvalue weighted by atomic mass is 32.2. The molecule has 2 aliphatic rings. The van der Waals surface area contributed by atoms with E-state index >= 15 is 0 Å². The molecule has 0 amide bonds. The summed E-state index contributed by atoms with van der Waals surface area (Å²) >= 11 is 0. The van der Waals surface area contributed by atoms with E-state index in [2.05, 4.69) is 10.2 Å². The number of hydrogen-bond donors (Lipinski definition) is 1. The first-order valence-electron chi connectivity index (χ1n) is 7.31. The molecule has 0 aromatic heterocycles. The van der Waals surface area contributed by atoms with Crippen LogP contribution in [0.2, 0.25) is 0 Å². The van der Waals surface area contributed by atoms with Crippen LogP contribution in [0.1, 0.15) is 19.3 Å². The molecule has 2 rings (SSSR count). The summed E-state index contributed by atoms with van der Waals surface area (Å²) < 4.78 is 24.9. The first kappa shape index (κ1) is 15.2. The molecule has 0 radical (unpaired) electrons. The Bertz CT molecular complexity index is 385. The molecule has 2 atom stereocenters. The molecule has 0 spiro atoms. The van der Waals surface area contributed by atoms with Crippen LogP contribution in [0.4, 0.5) is 0 Å². The van der Waals surface area contributed by atoms with E-state index in [9.17, 15) is 8.42 Å². The molecule has 0 aromatic carbocycles. The van der Waals surface area contributed by atoms with E-state index in [0.717, 1.165) is 32.0 Å². The fraction of sp³-hybridized carbons (Fsp3) is 1.00. The van der Waals surface area contributed by atoms with Crippen molar-refractivity contribution in [2.75, 3.05) is 52.6 Å². The number of likely N-dealkylation sites (tertiary alicyclic amines) is 1. The second kappa shape index (κ2) is 6.52. The van der Waals surface area contributed by atoms with Crippen LogP contribution in [0.5, 0.6) is 0 Å². The summed E-state index contributed by atoms with van der Waals surface area (Å²) in [5.41, 5.74) is 0. The molecule has 5 nitrogen and oxygen atoms in total. The summed E-state index contributed by atoms with van der Waals surface area (Å²) in [5.74, 6) is 1.27. The second-order valence-corrected chi connectivity index (χ2v) is 8.08. The summed E-state index contributed by atoms with van der Waals surface area (Å²) in [4.78, 5) is 2.51. The lowest BCUT2D eigenvalue weighted by Crippen LogP contribution is -2.43. The smallest absolute Gasteiger partial charge is 0.211 e. The van der Waals surface area contributed by atoms with Crippen molar-refractivity contribution >= 4 is 10.0 Å². The zero-order chi connectivity index (χ0) is 13.9. The Hall–Kier alpha value is -0.170. The van der Waals surface area contributed by atoms with Crippen LogP contribution in [0, 0.1) is 11.8 Å². The number of sulfonamides is 1. The Kier molecular flexibility index (Phi) is 5.22. The maximum Gasteiger partial charge on any atom is 0.211 e. The van der Waals surface area contributed by atoms with Gasteiger partial charge in [0, 0.05) is 26.2 Å². The van der Waals surface area contributed by atoms with Gasteiger partial charge in [0.25, 0.3) is 0 Å². The molecule has 2 heterocycles. The van der Waals surface area contributed by atoms with E-state index in [-0.39, 0.29) is 0 Å². The topological polar surface area (TPSA) is 52.6 Å². The maximum absolute atomic E-state index is 11.6. The van der Waals surface area contributed by atoms with Crippen molar-refractivity contribution in [2.45, 2.75) is 19.3 Å². The SMILES string of the molecule is CNCC1CCN(CC2CCCN(S(C)(=O)=O)C2)C1. The van der Waals surface area contributed by atoms with Gasteiger partial charge in [0.05, 0.1) is 6.26 Å². The van der Waals surface area contributed by atoms with E-state index < -0.39 is 10.0 Å². The van der Waals surface area contributed by atoms with Crippen LogP contribution in [0.25, 0.3) is 0 Å². The Morgan fingerprint density at radius 3 is 2.63 bits per heavy atom. The molecule has 112 valence electrons. The third kappa shape index (κ3) is 4.41. The minimum absolute atomic E-state index is 0.511. The van der Waals surface area contributed by atoms with E-state index in [4.69, 9.17) is 0 Å². The first-order valence-corrected chi connectivity index (χ1v) is 9.16. The molecule has 0 aliphatic carbocycles. The van der Waals surface area contributed by atoms with Crippen LogP contribution >= 0.6 is 0 Å². The van der Waals surface area contributed by atoms with E-state index in [1.165, 1.54) is 25.6 Å². The summed E-state index contributed by atoms with van der Waals surface area (Å²) in [7, 11) is -0.999. The predicted octanol–water partition coefficient (Wildman–Crippen LogP) is 0.199. The third-order valence-electron chi connectivity index (χ3n) is 4.33. The lowest BCUT2D eigenvalue weighted by molar-refractivity contribution is 0.197. The average molecular weight is 289 g/mol. The van der Waals surface area contributed by atoms with Gasteiger partial charge in [-0.05, 0) is 51.2 Å². The zero-order valence-electron chi connectivity index (χ0n) is 12.1. The van der Waals surface area contributed by atoms with Crippen LogP contribution in [-0.2, 0) is 10.0 Å². The highest BCUT2D eigenvalue weighted by Crippen LogP contribution is 2.23. The molecule has 2 unspecified atom stereocenters. The van der Waals surface area contributed by atoms with Crippen molar-refractivity contribution in [1.82, 2.24) is 14.5 Å². The predicted molar refractivity (Wildman–Crippen MR) is 77.6 cm³/mol. The van der Waals surface area contributed by atoms with Crippen LogP contribution < -0.4 is 5.32 Å². The summed E-state index contributed by atoms with van der Waals surface area (Å²) in [6.07, 6.45) is 4.77. The van der Waals surface area contributed by atoms with Gasteiger partial charge in [0.15, 0.2) is 0 Å². The van der Waals surface area contributed by atoms with Gasteiger partial charge in [-0.25, -0.2) is 12.7 Å². The van der Waals surface area contributed by atoms with Gasteiger partial charge in [-0.15, -0.1) is 0 Å². The van der Waals surface area contributed by atoms with E-state index in [0.29, 0.717) is 19.0 Å². The molecule has 19 heavy (non-hydrogen) atoms. The van der Waals surface area contributed by atoms with Gasteiger partial charge >= 0.3 is 0 Å². The monoisotopic (exact) mass is 289 g/mol. The first-order chi connectivity index (χ1) is 8.99. The Labute approximate surface area is 117 Å². The summed E-state index contributed by atoms with van der Waals surface area (Å²) in [6, 6.07) is 0. The zero-order valence-corrected chi connectivity index (χ0v) is 13.0. The Morgan fingerprint density at radius 1 is 1.16 bits per heavy atom. The third-order valence-corrected chi connectivity index (χ3v) is 5.60. The van der Waals surface area contributed by atoms with Crippen molar-refractivity contribution in [3.63, 3.8) is 0 Å². The van der Waals surface area contributed by atoms with Crippen LogP contribution in [-0.4, -0.2) is 70.2 Å². The van der Waals surface area contributed by atoms with Crippen molar-refractivity contribution < 1.29 is 8.42 Å². The largest absolute Gasteiger partial charge is 0.319 e. The molecule has 0 aromatic rings. The van der Waals surface area contributed by atoms with Gasteiger partial charge in [-0.3, -0.25) is 0 Å². The standard InChI is InChI=1S/C13H27N3O2S/c1-14-8-12-5-7-15(9-12)10-13-4-3-6-16(11-13)19(2,17)18/h12-14H,3-11H2,1-2H3. The number of piperidine rings is 1. The highest BCUT2D eigenvalue weighted by molar-refractivity contribution is 7.88. The number of hydrogen-bond acceptors (Lipinski definition) is 4. The van der Waals surface area contributed by atoms with Gasteiger partial charge < -0.3 is 10.2 Å². The molecule has 1 N–H and O–H groups in total. The Balaban J connectivity index is 1.80. The number of nitrogens with zero attached hydrogens (tertiary/aromatic N) is 2. The fourth-order valence-corrected chi connectivity index (χ4v) is 4.32. The normalized spacial score (nSPS) is 30.8. The Morgan fingerprint density at radius 2 is 1.95 bits per heavy atom. The van der Waals surface area contributed by atoms with Gasteiger partial charge in [0.1, 0.15) is 0 Å². The quantitative estimate of drug-likeness (QED) is 0.785. The highest BCUT2D eigenvalue weighted by Gasteiger charge is 2.29. The maximum atomic E-state index is 11.6. The van der Waals surface area contributed by atoms with Gasteiger partial charge in [-0.2, -0.15) is 0 Å². The second-order valence-electron chi connectivity index (χ2n) is 6.10. The minimum atomic E-state index is -3.01. The van der Waals surface area contributed by atoms with Crippen LogP contribution in [0.3, 0.4) is 0 Å². The van der Waals surface area contributed by atoms with Crippen molar-refractivity contribution in [1.29, 1.82) is 0 Å². The fourth-order valence-electron chi connectivity index (χ4n) is 3.38. The minimum Gasteiger partial charge on any atom is -0.319 e. The molecule has 0 saturated carbocycles. The molecule has 2 aliphatic heterocycles. The van der Waals surface area contributed by atoms with E-state index in [1.54, 1.807) is 4.31 Å². The molecular formula is C13H27N3O2S. The lowest BCUT2D eigenvalue weighted by atomic mass is 9.99. The van der Waals surface area contributed by atoms with Crippen molar-refractivity contribution in [3.8, 4) is 0 Å². The molecule has 0 bridgehead atoms. The van der Waals surface area contributed by atoms with Crippen molar-refractivity contribution in [2.24, 2.45) is 11.8 Å². The number of nitrogens with one attached hydrogen (secondary N) is 1. The molecular weight excluding hydrogens is 262 g/mol. The van der Waals surface area contributed by atoms with E-state index in [1.807, 2.05) is 7.05 Å². The van der Waals surface area contributed by atoms with Crippen LogP contribution in [0.15, 0.2) is 0 Å². The molecule has 6 heteroatoms. The number of rotatable bonds is 5. The molecule has 2 fully saturated rings. The average Bonchev–Trinajstić information content (AvgIpc) is 2.76.